The van der Waals surface area contributed by atoms with E-state index in [1.165, 1.54) is 58.0 Å². The molecule has 0 amide bonds. The summed E-state index contributed by atoms with van der Waals surface area (Å²) >= 11 is 3.00. The Kier molecular flexibility index (Phi) is 9.27. The number of benzene rings is 3. The molecule has 224 valence electrons. The molecule has 2 heterocycles. The number of hydrogen-bond acceptors (Lipinski definition) is 12. The molecule has 3 aromatic carbocycles. The quantitative estimate of drug-likeness (QED) is 0.142. The second-order valence-corrected chi connectivity index (χ2v) is 11.5. The fourth-order valence-corrected chi connectivity index (χ4v) is 6.34. The molecule has 0 aliphatic carbocycles. The second kappa shape index (κ2) is 13.3. The molecule has 43 heavy (non-hydrogen) atoms. The molecular weight excluding hydrogens is 592 g/mol. The second-order valence-electron chi connectivity index (χ2n) is 9.17. The normalized spacial score (nSPS) is 10.9. The third-order valence-electron chi connectivity index (χ3n) is 6.67. The van der Waals surface area contributed by atoms with Gasteiger partial charge in [-0.25, -0.2) is 0 Å². The number of thioether (sulfide) groups is 1. The van der Waals surface area contributed by atoms with Crippen molar-refractivity contribution in [1.82, 2.24) is 10.2 Å². The minimum Gasteiger partial charge on any atom is -0.496 e. The first kappa shape index (κ1) is 30.1. The highest BCUT2D eigenvalue weighted by atomic mass is 32.2. The van der Waals surface area contributed by atoms with Crippen molar-refractivity contribution in [2.24, 2.45) is 0 Å². The van der Waals surface area contributed by atoms with Crippen molar-refractivity contribution in [1.29, 1.82) is 0 Å². The molecule has 0 saturated heterocycles. The summed E-state index contributed by atoms with van der Waals surface area (Å²) in [5, 5.41) is 9.40. The first-order valence-electron chi connectivity index (χ1n) is 13.1. The molecule has 0 N–H and O–H groups in total. The van der Waals surface area contributed by atoms with Crippen LogP contribution in [-0.4, -0.2) is 45.7 Å². The lowest BCUT2D eigenvalue weighted by Crippen LogP contribution is -2.11. The van der Waals surface area contributed by atoms with Gasteiger partial charge in [0, 0.05) is 23.4 Å². The number of aromatic nitrogens is 2. The van der Waals surface area contributed by atoms with Crippen LogP contribution in [0.15, 0.2) is 62.1 Å². The SMILES string of the molecule is COc1cc(OC)c2c(=O)c(OCc3nnc(SCc4ccccc4C)s3)c(-c3cc(OC)c(OC)c(OC)c3)oc2c1. The molecule has 0 bridgehead atoms. The van der Waals surface area contributed by atoms with Crippen LogP contribution < -0.4 is 33.8 Å². The lowest BCUT2D eigenvalue weighted by Gasteiger charge is -2.16. The van der Waals surface area contributed by atoms with E-state index in [1.807, 2.05) is 12.1 Å². The maximum absolute atomic E-state index is 14.0. The summed E-state index contributed by atoms with van der Waals surface area (Å²) in [6.07, 6.45) is 0. The molecular formula is C31H30N2O8S2. The molecule has 0 fully saturated rings. The van der Waals surface area contributed by atoms with Crippen LogP contribution in [0.4, 0.5) is 0 Å². The van der Waals surface area contributed by atoms with Crippen molar-refractivity contribution >= 4 is 34.1 Å². The van der Waals surface area contributed by atoms with Crippen LogP contribution in [0.1, 0.15) is 16.1 Å². The minimum atomic E-state index is -0.428. The number of hydrogen-bond donors (Lipinski definition) is 0. The fraction of sp³-hybridized carbons (Fsp3) is 0.258. The Bertz CT molecular complexity index is 1790. The van der Waals surface area contributed by atoms with Gasteiger partial charge in [0.2, 0.25) is 16.9 Å². The Labute approximate surface area is 256 Å². The number of ether oxygens (including phenoxy) is 6. The van der Waals surface area contributed by atoms with E-state index < -0.39 is 5.43 Å². The Morgan fingerprint density at radius 2 is 1.56 bits per heavy atom. The molecule has 2 aromatic heterocycles. The molecule has 5 rings (SSSR count). The number of rotatable bonds is 12. The summed E-state index contributed by atoms with van der Waals surface area (Å²) in [5.74, 6) is 2.80. The molecule has 0 aliphatic rings. The summed E-state index contributed by atoms with van der Waals surface area (Å²) in [4.78, 5) is 14.0. The monoisotopic (exact) mass is 622 g/mol. The number of aryl methyl sites for hydroxylation is 1. The lowest BCUT2D eigenvalue weighted by molar-refractivity contribution is 0.295. The van der Waals surface area contributed by atoms with Gasteiger partial charge < -0.3 is 32.8 Å². The first-order chi connectivity index (χ1) is 20.9. The average molecular weight is 623 g/mol. The van der Waals surface area contributed by atoms with Crippen LogP contribution in [0, 0.1) is 6.92 Å². The molecule has 5 aromatic rings. The smallest absolute Gasteiger partial charge is 0.239 e. The van der Waals surface area contributed by atoms with Crippen LogP contribution in [0.5, 0.6) is 34.5 Å². The Morgan fingerprint density at radius 1 is 0.837 bits per heavy atom. The minimum absolute atomic E-state index is 0.00521. The van der Waals surface area contributed by atoms with Gasteiger partial charge in [0.15, 0.2) is 26.6 Å². The van der Waals surface area contributed by atoms with Gasteiger partial charge in [0.25, 0.3) is 0 Å². The van der Waals surface area contributed by atoms with E-state index in [2.05, 4.69) is 29.3 Å². The molecule has 0 spiro atoms. The summed E-state index contributed by atoms with van der Waals surface area (Å²) in [6, 6.07) is 14.8. The van der Waals surface area contributed by atoms with Crippen LogP contribution in [0.2, 0.25) is 0 Å². The van der Waals surface area contributed by atoms with Crippen molar-refractivity contribution in [3.8, 4) is 45.8 Å². The van der Waals surface area contributed by atoms with E-state index in [9.17, 15) is 4.79 Å². The summed E-state index contributed by atoms with van der Waals surface area (Å²) in [7, 11) is 7.52. The predicted molar refractivity (Wildman–Crippen MR) is 166 cm³/mol. The van der Waals surface area contributed by atoms with Gasteiger partial charge in [-0.15, -0.1) is 10.2 Å². The maximum atomic E-state index is 14.0. The number of methoxy groups -OCH3 is 5. The van der Waals surface area contributed by atoms with E-state index in [-0.39, 0.29) is 34.8 Å². The zero-order chi connectivity index (χ0) is 30.5. The third-order valence-corrected chi connectivity index (χ3v) is 8.75. The van der Waals surface area contributed by atoms with Gasteiger partial charge in [-0.3, -0.25) is 4.79 Å². The molecule has 0 aliphatic heterocycles. The van der Waals surface area contributed by atoms with E-state index >= 15 is 0 Å². The summed E-state index contributed by atoms with van der Waals surface area (Å²) < 4.78 is 40.8. The van der Waals surface area contributed by atoms with Crippen LogP contribution in [0.25, 0.3) is 22.3 Å². The van der Waals surface area contributed by atoms with E-state index in [4.69, 9.17) is 32.8 Å². The van der Waals surface area contributed by atoms with Crippen molar-refractivity contribution in [2.75, 3.05) is 35.5 Å². The van der Waals surface area contributed by atoms with E-state index in [0.717, 1.165) is 10.1 Å². The van der Waals surface area contributed by atoms with Crippen LogP contribution in [0.3, 0.4) is 0 Å². The fourth-order valence-electron chi connectivity index (χ4n) is 4.46. The molecule has 0 radical (unpaired) electrons. The number of nitrogens with zero attached hydrogens (tertiary/aromatic N) is 2. The highest BCUT2D eigenvalue weighted by molar-refractivity contribution is 8.00. The number of fused-ring (bicyclic) bond motifs is 1. The van der Waals surface area contributed by atoms with Crippen LogP contribution in [-0.2, 0) is 12.4 Å². The van der Waals surface area contributed by atoms with E-state index in [0.29, 0.717) is 33.6 Å². The van der Waals surface area contributed by atoms with Crippen molar-refractivity contribution in [2.45, 2.75) is 23.6 Å². The topological polar surface area (TPSA) is 111 Å². The average Bonchev–Trinajstić information content (AvgIpc) is 3.49. The molecule has 10 nitrogen and oxygen atoms in total. The summed E-state index contributed by atoms with van der Waals surface area (Å²) in [5.41, 5.74) is 2.75. The van der Waals surface area contributed by atoms with E-state index in [1.54, 1.807) is 36.0 Å². The van der Waals surface area contributed by atoms with Gasteiger partial charge in [-0.05, 0) is 30.2 Å². The highest BCUT2D eigenvalue weighted by Gasteiger charge is 2.25. The lowest BCUT2D eigenvalue weighted by atomic mass is 10.1. The standard InChI is InChI=1S/C31H30N2O8S2/c1-17-9-7-8-10-18(17)16-42-31-33-32-25(43-31)15-40-30-27(34)26-21(36-3)13-20(35-2)14-22(26)41-28(30)19-11-23(37-4)29(39-6)24(12-19)38-5/h7-14H,15-16H2,1-6H3. The highest BCUT2D eigenvalue weighted by Crippen LogP contribution is 2.44. The van der Waals surface area contributed by atoms with Gasteiger partial charge in [-0.1, -0.05) is 47.4 Å². The Hall–Kier alpha value is -4.42. The van der Waals surface area contributed by atoms with Gasteiger partial charge in [-0.2, -0.15) is 0 Å². The maximum Gasteiger partial charge on any atom is 0.239 e. The Balaban J connectivity index is 1.55. The van der Waals surface area contributed by atoms with Gasteiger partial charge >= 0.3 is 0 Å². The molecule has 12 heteroatoms. The zero-order valence-electron chi connectivity index (χ0n) is 24.5. The van der Waals surface area contributed by atoms with Gasteiger partial charge in [0.1, 0.15) is 29.1 Å². The first-order valence-corrected chi connectivity index (χ1v) is 14.9. The van der Waals surface area contributed by atoms with Crippen molar-refractivity contribution in [3.05, 3.63) is 74.9 Å². The summed E-state index contributed by atoms with van der Waals surface area (Å²) in [6.45, 7) is 2.08. The van der Waals surface area contributed by atoms with Crippen molar-refractivity contribution < 1.29 is 32.8 Å². The molecule has 0 saturated carbocycles. The largest absolute Gasteiger partial charge is 0.496 e. The van der Waals surface area contributed by atoms with Crippen LogP contribution >= 0.6 is 23.1 Å². The molecule has 0 atom stereocenters. The Morgan fingerprint density at radius 3 is 2.21 bits per heavy atom. The van der Waals surface area contributed by atoms with Gasteiger partial charge in [0.05, 0.1) is 35.5 Å². The molecule has 0 unspecified atom stereocenters. The van der Waals surface area contributed by atoms with Crippen molar-refractivity contribution in [3.63, 3.8) is 0 Å². The zero-order valence-corrected chi connectivity index (χ0v) is 26.1. The third kappa shape index (κ3) is 6.20. The predicted octanol–water partition coefficient (Wildman–Crippen LogP) is 6.53.